The molecule has 1 fully saturated rings. The summed E-state index contributed by atoms with van der Waals surface area (Å²) in [5, 5.41) is 12.6. The Morgan fingerprint density at radius 3 is 2.56 bits per heavy atom. The van der Waals surface area contributed by atoms with Crippen molar-refractivity contribution in [2.45, 2.75) is 26.3 Å². The van der Waals surface area contributed by atoms with Crippen molar-refractivity contribution in [3.8, 4) is 0 Å². The van der Waals surface area contributed by atoms with Gasteiger partial charge in [0.2, 0.25) is 0 Å². The molecule has 0 aliphatic carbocycles. The van der Waals surface area contributed by atoms with Crippen LogP contribution in [0.2, 0.25) is 0 Å². The molecule has 0 saturated carbocycles. The van der Waals surface area contributed by atoms with Gasteiger partial charge in [0, 0.05) is 37.5 Å². The molecular weight excluding hydrogens is 312 g/mol. The lowest BCUT2D eigenvalue weighted by atomic mass is 9.97. The Balaban J connectivity index is 1.61. The molecule has 1 aliphatic heterocycles. The van der Waals surface area contributed by atoms with Crippen molar-refractivity contribution in [1.29, 1.82) is 0 Å². The molecule has 1 amide bonds. The third-order valence-electron chi connectivity index (χ3n) is 4.89. The summed E-state index contributed by atoms with van der Waals surface area (Å²) in [5.74, 6) is 0.418. The fourth-order valence-corrected chi connectivity index (χ4v) is 3.17. The number of nitrogens with one attached hydrogen (secondary N) is 1. The van der Waals surface area contributed by atoms with Gasteiger partial charge in [0.25, 0.3) is 5.91 Å². The zero-order valence-corrected chi connectivity index (χ0v) is 14.7. The van der Waals surface area contributed by atoms with Crippen LogP contribution in [-0.4, -0.2) is 35.6 Å². The molecule has 0 radical (unpaired) electrons. The molecule has 4 nitrogen and oxygen atoms in total. The van der Waals surface area contributed by atoms with Crippen LogP contribution < -0.4 is 5.32 Å². The molecule has 1 heterocycles. The number of carbonyl (C=O) groups excluding carboxylic acids is 1. The van der Waals surface area contributed by atoms with Crippen LogP contribution in [0.25, 0.3) is 0 Å². The number of likely N-dealkylation sites (tertiary alicyclic amines) is 1. The predicted octanol–water partition coefficient (Wildman–Crippen LogP) is 3.45. The Hall–Kier alpha value is -2.33. The van der Waals surface area contributed by atoms with E-state index < -0.39 is 0 Å². The van der Waals surface area contributed by atoms with E-state index in [1.54, 1.807) is 0 Å². The van der Waals surface area contributed by atoms with Gasteiger partial charge in [0.1, 0.15) is 0 Å². The van der Waals surface area contributed by atoms with Gasteiger partial charge in [-0.1, -0.05) is 35.9 Å². The molecule has 1 saturated heterocycles. The standard InChI is InChI=1S/C21H26N2O2/c1-16-5-7-17(8-6-16)14-22-20-4-2-3-19(13-20)21(25)23-11-9-18(15-24)10-12-23/h2-8,13,18,22,24H,9-12,14-15H2,1H3. The first-order valence-corrected chi connectivity index (χ1v) is 8.95. The highest BCUT2D eigenvalue weighted by Gasteiger charge is 2.23. The largest absolute Gasteiger partial charge is 0.396 e. The van der Waals surface area contributed by atoms with Crippen molar-refractivity contribution in [3.05, 3.63) is 65.2 Å². The van der Waals surface area contributed by atoms with Crippen LogP contribution in [0.3, 0.4) is 0 Å². The average Bonchev–Trinajstić information content (AvgIpc) is 2.67. The lowest BCUT2D eigenvalue weighted by Gasteiger charge is -2.31. The van der Waals surface area contributed by atoms with E-state index in [1.165, 1.54) is 11.1 Å². The lowest BCUT2D eigenvalue weighted by Crippen LogP contribution is -2.39. The van der Waals surface area contributed by atoms with Crippen molar-refractivity contribution in [2.24, 2.45) is 5.92 Å². The summed E-state index contributed by atoms with van der Waals surface area (Å²) in [6, 6.07) is 16.1. The van der Waals surface area contributed by atoms with E-state index in [9.17, 15) is 9.90 Å². The minimum atomic E-state index is 0.0791. The second-order valence-electron chi connectivity index (χ2n) is 6.84. The summed E-state index contributed by atoms with van der Waals surface area (Å²) < 4.78 is 0. The van der Waals surface area contributed by atoms with Crippen LogP contribution in [0.1, 0.15) is 34.3 Å². The van der Waals surface area contributed by atoms with Gasteiger partial charge in [-0.3, -0.25) is 4.79 Å². The zero-order chi connectivity index (χ0) is 17.6. The molecule has 2 aromatic rings. The lowest BCUT2D eigenvalue weighted by molar-refractivity contribution is 0.0651. The van der Waals surface area contributed by atoms with Crippen LogP contribution >= 0.6 is 0 Å². The van der Waals surface area contributed by atoms with Gasteiger partial charge in [-0.05, 0) is 49.4 Å². The number of hydrogen-bond donors (Lipinski definition) is 2. The second-order valence-corrected chi connectivity index (χ2v) is 6.84. The Morgan fingerprint density at radius 1 is 1.16 bits per heavy atom. The molecule has 0 spiro atoms. The number of nitrogens with zero attached hydrogens (tertiary/aromatic N) is 1. The number of piperidine rings is 1. The molecule has 2 aromatic carbocycles. The topological polar surface area (TPSA) is 52.6 Å². The van der Waals surface area contributed by atoms with E-state index in [2.05, 4.69) is 36.5 Å². The number of aryl methyl sites for hydroxylation is 1. The Bertz CT molecular complexity index is 704. The summed E-state index contributed by atoms with van der Waals surface area (Å²) >= 11 is 0. The SMILES string of the molecule is Cc1ccc(CNc2cccc(C(=O)N3CCC(CO)CC3)c2)cc1. The summed E-state index contributed by atoms with van der Waals surface area (Å²) in [5.41, 5.74) is 4.14. The minimum Gasteiger partial charge on any atom is -0.396 e. The zero-order valence-electron chi connectivity index (χ0n) is 14.7. The first-order chi connectivity index (χ1) is 12.2. The molecule has 132 valence electrons. The maximum atomic E-state index is 12.7. The fraction of sp³-hybridized carbons (Fsp3) is 0.381. The maximum Gasteiger partial charge on any atom is 0.253 e. The number of anilines is 1. The van der Waals surface area contributed by atoms with Gasteiger partial charge in [0.05, 0.1) is 0 Å². The molecule has 4 heteroatoms. The average molecular weight is 338 g/mol. The van der Waals surface area contributed by atoms with E-state index in [0.717, 1.165) is 43.7 Å². The summed E-state index contributed by atoms with van der Waals surface area (Å²) in [4.78, 5) is 14.6. The Labute approximate surface area is 149 Å². The molecular formula is C21H26N2O2. The third kappa shape index (κ3) is 4.60. The van der Waals surface area contributed by atoms with Gasteiger partial charge < -0.3 is 15.3 Å². The molecule has 0 unspecified atom stereocenters. The number of carbonyl (C=O) groups is 1. The van der Waals surface area contributed by atoms with E-state index in [-0.39, 0.29) is 12.5 Å². The van der Waals surface area contributed by atoms with Crippen molar-refractivity contribution in [3.63, 3.8) is 0 Å². The highest BCUT2D eigenvalue weighted by Crippen LogP contribution is 2.20. The quantitative estimate of drug-likeness (QED) is 0.878. The van der Waals surface area contributed by atoms with Gasteiger partial charge in [0.15, 0.2) is 0 Å². The third-order valence-corrected chi connectivity index (χ3v) is 4.89. The number of rotatable bonds is 5. The monoisotopic (exact) mass is 338 g/mol. The number of benzene rings is 2. The summed E-state index contributed by atoms with van der Waals surface area (Å²) in [6.45, 7) is 4.49. The predicted molar refractivity (Wildman–Crippen MR) is 101 cm³/mol. The number of hydrogen-bond acceptors (Lipinski definition) is 3. The van der Waals surface area contributed by atoms with Crippen molar-refractivity contribution >= 4 is 11.6 Å². The molecule has 2 N–H and O–H groups in total. The first-order valence-electron chi connectivity index (χ1n) is 8.95. The van der Waals surface area contributed by atoms with Crippen LogP contribution in [0.5, 0.6) is 0 Å². The first kappa shape index (κ1) is 17.5. The molecule has 0 atom stereocenters. The van der Waals surface area contributed by atoms with Gasteiger partial charge in [-0.25, -0.2) is 0 Å². The maximum absolute atomic E-state index is 12.7. The molecule has 25 heavy (non-hydrogen) atoms. The normalized spacial score (nSPS) is 15.2. The molecule has 1 aliphatic rings. The van der Waals surface area contributed by atoms with E-state index in [1.807, 2.05) is 29.2 Å². The van der Waals surface area contributed by atoms with E-state index >= 15 is 0 Å². The summed E-state index contributed by atoms with van der Waals surface area (Å²) in [6.07, 6.45) is 1.77. The summed E-state index contributed by atoms with van der Waals surface area (Å²) in [7, 11) is 0. The van der Waals surface area contributed by atoms with Crippen LogP contribution in [-0.2, 0) is 6.54 Å². The van der Waals surface area contributed by atoms with Gasteiger partial charge >= 0.3 is 0 Å². The van der Waals surface area contributed by atoms with E-state index in [0.29, 0.717) is 5.92 Å². The van der Waals surface area contributed by atoms with Gasteiger partial charge in [-0.15, -0.1) is 0 Å². The Kier molecular flexibility index (Phi) is 5.71. The van der Waals surface area contributed by atoms with Crippen molar-refractivity contribution < 1.29 is 9.90 Å². The molecule has 3 rings (SSSR count). The fourth-order valence-electron chi connectivity index (χ4n) is 3.17. The van der Waals surface area contributed by atoms with Crippen LogP contribution in [0.15, 0.2) is 48.5 Å². The van der Waals surface area contributed by atoms with Crippen LogP contribution in [0, 0.1) is 12.8 Å². The van der Waals surface area contributed by atoms with Crippen LogP contribution in [0.4, 0.5) is 5.69 Å². The van der Waals surface area contributed by atoms with Crippen molar-refractivity contribution in [2.75, 3.05) is 25.0 Å². The van der Waals surface area contributed by atoms with Gasteiger partial charge in [-0.2, -0.15) is 0 Å². The minimum absolute atomic E-state index is 0.0791. The second kappa shape index (κ2) is 8.17. The number of aliphatic hydroxyl groups is 1. The van der Waals surface area contributed by atoms with E-state index in [4.69, 9.17) is 0 Å². The smallest absolute Gasteiger partial charge is 0.253 e. The number of aliphatic hydroxyl groups excluding tert-OH is 1. The van der Waals surface area contributed by atoms with Crippen molar-refractivity contribution in [1.82, 2.24) is 4.90 Å². The highest BCUT2D eigenvalue weighted by molar-refractivity contribution is 5.95. The molecule has 0 bridgehead atoms. The Morgan fingerprint density at radius 2 is 1.88 bits per heavy atom. The molecule has 0 aromatic heterocycles. The number of amides is 1. The highest BCUT2D eigenvalue weighted by atomic mass is 16.3.